The largest absolute Gasteiger partial charge is 0.457 e. The molecule has 3 rings (SSSR count). The highest BCUT2D eigenvalue weighted by Crippen LogP contribution is 2.24. The fourth-order valence-electron chi connectivity index (χ4n) is 2.56. The van der Waals surface area contributed by atoms with Gasteiger partial charge in [-0.1, -0.05) is 24.3 Å². The zero-order valence-electron chi connectivity index (χ0n) is 15.2. The predicted octanol–water partition coefficient (Wildman–Crippen LogP) is 5.37. The lowest BCUT2D eigenvalue weighted by atomic mass is 10.2. The lowest BCUT2D eigenvalue weighted by Crippen LogP contribution is -2.32. The third-order valence-corrected chi connectivity index (χ3v) is 4.07. The normalized spacial score (nSPS) is 11.5. The summed E-state index contributed by atoms with van der Waals surface area (Å²) in [5.41, 5.74) is 2.60. The van der Waals surface area contributed by atoms with Gasteiger partial charge in [0.15, 0.2) is 0 Å². The van der Waals surface area contributed by atoms with E-state index in [0.717, 1.165) is 16.9 Å². The van der Waals surface area contributed by atoms with E-state index in [1.54, 1.807) is 31.2 Å². The second-order valence-electron chi connectivity index (χ2n) is 6.25. The van der Waals surface area contributed by atoms with Gasteiger partial charge in [-0.25, -0.2) is 4.39 Å². The average Bonchev–Trinajstić information content (AvgIpc) is 2.65. The van der Waals surface area contributed by atoms with Gasteiger partial charge in [-0.3, -0.25) is 4.79 Å². The van der Waals surface area contributed by atoms with Crippen molar-refractivity contribution >= 4 is 17.3 Å². The number of nitrogens with one attached hydrogen (secondary N) is 2. The summed E-state index contributed by atoms with van der Waals surface area (Å²) in [6, 6.07) is 20.3. The Hall–Kier alpha value is -3.34. The maximum Gasteiger partial charge on any atom is 0.246 e. The second-order valence-corrected chi connectivity index (χ2v) is 6.25. The number of hydrogen-bond acceptors (Lipinski definition) is 3. The van der Waals surface area contributed by atoms with Gasteiger partial charge < -0.3 is 15.4 Å². The molecule has 0 aliphatic rings. The van der Waals surface area contributed by atoms with Crippen LogP contribution in [-0.2, 0) is 4.79 Å². The molecule has 0 heterocycles. The minimum absolute atomic E-state index is 0.121. The molecule has 27 heavy (non-hydrogen) atoms. The van der Waals surface area contributed by atoms with Gasteiger partial charge in [0.05, 0.1) is 0 Å². The lowest BCUT2D eigenvalue weighted by molar-refractivity contribution is -0.116. The number of aryl methyl sites for hydroxylation is 1. The highest BCUT2D eigenvalue weighted by Gasteiger charge is 2.13. The molecule has 4 nitrogen and oxygen atoms in total. The molecule has 0 bridgehead atoms. The highest BCUT2D eigenvalue weighted by molar-refractivity contribution is 5.96. The molecule has 3 aromatic rings. The minimum Gasteiger partial charge on any atom is -0.457 e. The Kier molecular flexibility index (Phi) is 5.71. The fourth-order valence-corrected chi connectivity index (χ4v) is 2.56. The molecule has 1 amide bonds. The van der Waals surface area contributed by atoms with Gasteiger partial charge in [0, 0.05) is 17.4 Å². The van der Waals surface area contributed by atoms with E-state index in [1.807, 2.05) is 43.3 Å². The van der Waals surface area contributed by atoms with Gasteiger partial charge >= 0.3 is 0 Å². The first-order valence-electron chi connectivity index (χ1n) is 8.68. The van der Waals surface area contributed by atoms with E-state index in [2.05, 4.69) is 10.6 Å². The monoisotopic (exact) mass is 364 g/mol. The zero-order chi connectivity index (χ0) is 19.2. The summed E-state index contributed by atoms with van der Waals surface area (Å²) < 4.78 is 18.8. The van der Waals surface area contributed by atoms with Crippen molar-refractivity contribution in [1.29, 1.82) is 0 Å². The van der Waals surface area contributed by atoms with Crippen molar-refractivity contribution in [2.24, 2.45) is 0 Å². The number of hydrogen-bond donors (Lipinski definition) is 2. The van der Waals surface area contributed by atoms with Crippen LogP contribution in [0.5, 0.6) is 11.5 Å². The molecule has 0 saturated heterocycles. The van der Waals surface area contributed by atoms with Gasteiger partial charge in [-0.15, -0.1) is 0 Å². The van der Waals surface area contributed by atoms with Gasteiger partial charge in [-0.2, -0.15) is 0 Å². The van der Waals surface area contributed by atoms with Crippen LogP contribution in [0.2, 0.25) is 0 Å². The van der Waals surface area contributed by atoms with Crippen LogP contribution in [0.3, 0.4) is 0 Å². The van der Waals surface area contributed by atoms with Crippen LogP contribution in [0.15, 0.2) is 72.8 Å². The van der Waals surface area contributed by atoms with Crippen molar-refractivity contribution in [1.82, 2.24) is 0 Å². The van der Waals surface area contributed by atoms with E-state index in [1.165, 1.54) is 12.1 Å². The van der Waals surface area contributed by atoms with Crippen LogP contribution in [0.25, 0.3) is 0 Å². The highest BCUT2D eigenvalue weighted by atomic mass is 19.1. The number of benzene rings is 3. The van der Waals surface area contributed by atoms with E-state index in [0.29, 0.717) is 11.5 Å². The molecule has 1 unspecified atom stereocenters. The Labute approximate surface area is 158 Å². The number of halogens is 1. The van der Waals surface area contributed by atoms with Gasteiger partial charge in [0.25, 0.3) is 0 Å². The number of ether oxygens (including phenoxy) is 1. The maximum absolute atomic E-state index is 13.2. The standard InChI is InChI=1S/C22H21FN2O2/c1-15-6-3-4-9-21(15)25-22(26)16(2)24-18-10-12-19(13-11-18)27-20-8-5-7-17(23)14-20/h3-14,16,24H,1-2H3,(H,25,26). The first-order valence-corrected chi connectivity index (χ1v) is 8.68. The lowest BCUT2D eigenvalue weighted by Gasteiger charge is -2.16. The number of amides is 1. The van der Waals surface area contributed by atoms with Crippen LogP contribution in [0, 0.1) is 12.7 Å². The van der Waals surface area contributed by atoms with E-state index >= 15 is 0 Å². The van der Waals surface area contributed by atoms with E-state index < -0.39 is 6.04 Å². The summed E-state index contributed by atoms with van der Waals surface area (Å²) in [7, 11) is 0. The van der Waals surface area contributed by atoms with E-state index in [4.69, 9.17) is 4.74 Å². The van der Waals surface area contributed by atoms with Crippen molar-refractivity contribution in [3.05, 3.63) is 84.2 Å². The zero-order valence-corrected chi connectivity index (χ0v) is 15.2. The molecule has 0 radical (unpaired) electrons. The first-order chi connectivity index (χ1) is 13.0. The Balaban J connectivity index is 1.58. The fraction of sp³-hybridized carbons (Fsp3) is 0.136. The van der Waals surface area contributed by atoms with Gasteiger partial charge in [0.1, 0.15) is 23.4 Å². The molecular formula is C22H21FN2O2. The van der Waals surface area contributed by atoms with Crippen molar-refractivity contribution in [3.8, 4) is 11.5 Å². The quantitative estimate of drug-likeness (QED) is 0.619. The minimum atomic E-state index is -0.417. The summed E-state index contributed by atoms with van der Waals surface area (Å²) in [5.74, 6) is 0.550. The number of anilines is 2. The number of carbonyl (C=O) groups excluding carboxylic acids is 1. The van der Waals surface area contributed by atoms with Crippen LogP contribution < -0.4 is 15.4 Å². The summed E-state index contributed by atoms with van der Waals surface area (Å²) in [5, 5.41) is 6.07. The van der Waals surface area contributed by atoms with Crippen molar-refractivity contribution < 1.29 is 13.9 Å². The summed E-state index contributed by atoms with van der Waals surface area (Å²) in [6.07, 6.45) is 0. The maximum atomic E-state index is 13.2. The van der Waals surface area contributed by atoms with Crippen molar-refractivity contribution in [3.63, 3.8) is 0 Å². The number of carbonyl (C=O) groups is 1. The Morgan fingerprint density at radius 3 is 2.41 bits per heavy atom. The van der Waals surface area contributed by atoms with Crippen LogP contribution in [0.4, 0.5) is 15.8 Å². The molecular weight excluding hydrogens is 343 g/mol. The molecule has 2 N–H and O–H groups in total. The van der Waals surface area contributed by atoms with Crippen LogP contribution in [-0.4, -0.2) is 11.9 Å². The summed E-state index contributed by atoms with van der Waals surface area (Å²) >= 11 is 0. The molecule has 0 aliphatic heterocycles. The number of rotatable bonds is 6. The van der Waals surface area contributed by atoms with Gasteiger partial charge in [-0.05, 0) is 61.9 Å². The molecule has 0 saturated carbocycles. The smallest absolute Gasteiger partial charge is 0.246 e. The van der Waals surface area contributed by atoms with E-state index in [9.17, 15) is 9.18 Å². The average molecular weight is 364 g/mol. The molecule has 5 heteroatoms. The van der Waals surface area contributed by atoms with Crippen molar-refractivity contribution in [2.75, 3.05) is 10.6 Å². The Morgan fingerprint density at radius 1 is 0.963 bits per heavy atom. The predicted molar refractivity (Wildman–Crippen MR) is 106 cm³/mol. The molecule has 1 atom stereocenters. The molecule has 138 valence electrons. The second kappa shape index (κ2) is 8.36. The third-order valence-electron chi connectivity index (χ3n) is 4.07. The Bertz CT molecular complexity index is 926. The molecule has 0 aliphatic carbocycles. The molecule has 0 spiro atoms. The SMILES string of the molecule is Cc1ccccc1NC(=O)C(C)Nc1ccc(Oc2cccc(F)c2)cc1. The first kappa shape index (κ1) is 18.5. The van der Waals surface area contributed by atoms with Crippen LogP contribution >= 0.6 is 0 Å². The molecule has 3 aromatic carbocycles. The third kappa shape index (κ3) is 5.07. The topological polar surface area (TPSA) is 50.4 Å². The summed E-state index contributed by atoms with van der Waals surface area (Å²) in [6.45, 7) is 3.75. The Morgan fingerprint density at radius 2 is 1.70 bits per heavy atom. The van der Waals surface area contributed by atoms with Gasteiger partial charge in [0.2, 0.25) is 5.91 Å². The van der Waals surface area contributed by atoms with E-state index in [-0.39, 0.29) is 11.7 Å². The van der Waals surface area contributed by atoms with Crippen molar-refractivity contribution in [2.45, 2.75) is 19.9 Å². The summed E-state index contributed by atoms with van der Waals surface area (Å²) in [4.78, 5) is 12.4. The molecule has 0 fully saturated rings. The number of para-hydroxylation sites is 1. The molecule has 0 aromatic heterocycles. The van der Waals surface area contributed by atoms with Crippen LogP contribution in [0.1, 0.15) is 12.5 Å².